The van der Waals surface area contributed by atoms with E-state index in [0.29, 0.717) is 5.92 Å². The normalized spacial score (nSPS) is 12.3. The molecule has 0 saturated carbocycles. The monoisotopic (exact) mass is 367 g/mol. The van der Waals surface area contributed by atoms with Crippen LogP contribution in [0.15, 0.2) is 53.1 Å². The molecule has 0 amide bonds. The van der Waals surface area contributed by atoms with Gasteiger partial charge in [0, 0.05) is 21.7 Å². The van der Waals surface area contributed by atoms with E-state index in [-0.39, 0.29) is 0 Å². The summed E-state index contributed by atoms with van der Waals surface area (Å²) < 4.78 is 1.03. The summed E-state index contributed by atoms with van der Waals surface area (Å²) in [5.41, 5.74) is 2.54. The smallest absolute Gasteiger partial charge is 0.0413 e. The van der Waals surface area contributed by atoms with Crippen LogP contribution in [0, 0.1) is 5.92 Å². The second kappa shape index (κ2) is 7.05. The first-order chi connectivity index (χ1) is 8.78. The van der Waals surface area contributed by atoms with Gasteiger partial charge in [0.2, 0.25) is 0 Å². The fourth-order valence-corrected chi connectivity index (χ4v) is 2.64. The molecule has 0 aliphatic carbocycles. The van der Waals surface area contributed by atoms with E-state index in [1.165, 1.54) is 5.56 Å². The van der Waals surface area contributed by atoms with Crippen LogP contribution in [0.4, 0.5) is 0 Å². The quantitative estimate of drug-likeness (QED) is 0.700. The minimum absolute atomic E-state index is 0.584. The SMILES string of the molecule is BrCC(Cc1ccccc1)Cc1ccc(Br)cn1. The number of halogens is 2. The highest BCUT2D eigenvalue weighted by Crippen LogP contribution is 2.17. The molecule has 2 rings (SSSR count). The lowest BCUT2D eigenvalue weighted by Gasteiger charge is -2.13. The van der Waals surface area contributed by atoms with Gasteiger partial charge < -0.3 is 0 Å². The number of rotatable bonds is 5. The Morgan fingerprint density at radius 3 is 2.39 bits per heavy atom. The molecule has 94 valence electrons. The Hall–Kier alpha value is -0.670. The van der Waals surface area contributed by atoms with Crippen LogP contribution in [0.1, 0.15) is 11.3 Å². The number of benzene rings is 1. The van der Waals surface area contributed by atoms with Gasteiger partial charge in [-0.05, 0) is 52.4 Å². The molecule has 0 spiro atoms. The number of hydrogen-bond donors (Lipinski definition) is 0. The van der Waals surface area contributed by atoms with Crippen LogP contribution in [-0.4, -0.2) is 10.3 Å². The molecule has 0 aliphatic heterocycles. The van der Waals surface area contributed by atoms with Crippen molar-refractivity contribution < 1.29 is 0 Å². The molecular weight excluding hydrogens is 354 g/mol. The summed E-state index contributed by atoms with van der Waals surface area (Å²) in [6.45, 7) is 0. The maximum Gasteiger partial charge on any atom is 0.0413 e. The molecule has 1 heterocycles. The van der Waals surface area contributed by atoms with Gasteiger partial charge in [-0.1, -0.05) is 46.3 Å². The van der Waals surface area contributed by atoms with Crippen LogP contribution in [0.5, 0.6) is 0 Å². The van der Waals surface area contributed by atoms with Crippen LogP contribution in [0.25, 0.3) is 0 Å². The maximum atomic E-state index is 4.44. The van der Waals surface area contributed by atoms with E-state index >= 15 is 0 Å². The molecule has 0 aliphatic rings. The minimum atomic E-state index is 0.584. The minimum Gasteiger partial charge on any atom is -0.260 e. The van der Waals surface area contributed by atoms with Crippen molar-refractivity contribution in [3.05, 3.63) is 64.4 Å². The number of hydrogen-bond acceptors (Lipinski definition) is 1. The third-order valence-electron chi connectivity index (χ3n) is 2.87. The van der Waals surface area contributed by atoms with Gasteiger partial charge in [-0.15, -0.1) is 0 Å². The summed E-state index contributed by atoms with van der Waals surface area (Å²) in [4.78, 5) is 4.44. The Bertz CT molecular complexity index is 468. The molecule has 0 saturated heterocycles. The van der Waals surface area contributed by atoms with E-state index in [4.69, 9.17) is 0 Å². The van der Waals surface area contributed by atoms with Crippen molar-refractivity contribution in [2.45, 2.75) is 12.8 Å². The first-order valence-electron chi connectivity index (χ1n) is 5.98. The number of aromatic nitrogens is 1. The molecule has 3 heteroatoms. The zero-order chi connectivity index (χ0) is 12.8. The summed E-state index contributed by atoms with van der Waals surface area (Å²) in [6, 6.07) is 14.8. The summed E-state index contributed by atoms with van der Waals surface area (Å²) in [6.07, 6.45) is 3.96. The fourth-order valence-electron chi connectivity index (χ4n) is 1.95. The molecular formula is C15H15Br2N. The summed E-state index contributed by atoms with van der Waals surface area (Å²) >= 11 is 7.02. The second-order valence-electron chi connectivity index (χ2n) is 4.38. The third-order valence-corrected chi connectivity index (χ3v) is 4.26. The summed E-state index contributed by atoms with van der Waals surface area (Å²) in [5, 5.41) is 1.000. The number of pyridine rings is 1. The van der Waals surface area contributed by atoms with Crippen molar-refractivity contribution in [3.8, 4) is 0 Å². The van der Waals surface area contributed by atoms with Crippen molar-refractivity contribution in [2.75, 3.05) is 5.33 Å². The van der Waals surface area contributed by atoms with Crippen molar-refractivity contribution in [1.29, 1.82) is 0 Å². The standard InChI is InChI=1S/C15H15Br2N/c16-10-13(8-12-4-2-1-3-5-12)9-15-7-6-14(17)11-18-15/h1-7,11,13H,8-10H2. The second-order valence-corrected chi connectivity index (χ2v) is 5.95. The highest BCUT2D eigenvalue weighted by atomic mass is 79.9. The Morgan fingerprint density at radius 1 is 1.00 bits per heavy atom. The van der Waals surface area contributed by atoms with Gasteiger partial charge in [-0.2, -0.15) is 0 Å². The molecule has 1 nitrogen and oxygen atoms in total. The first kappa shape index (κ1) is 13.8. The van der Waals surface area contributed by atoms with Gasteiger partial charge in [0.15, 0.2) is 0 Å². The van der Waals surface area contributed by atoms with E-state index in [2.05, 4.69) is 79.3 Å². The van der Waals surface area contributed by atoms with E-state index in [1.54, 1.807) is 0 Å². The van der Waals surface area contributed by atoms with Gasteiger partial charge >= 0.3 is 0 Å². The Morgan fingerprint density at radius 2 is 1.78 bits per heavy atom. The average Bonchev–Trinajstić information content (AvgIpc) is 2.41. The molecule has 1 aromatic carbocycles. The molecule has 0 fully saturated rings. The van der Waals surface area contributed by atoms with Crippen LogP contribution in [0.2, 0.25) is 0 Å². The highest BCUT2D eigenvalue weighted by molar-refractivity contribution is 9.10. The van der Waals surface area contributed by atoms with Crippen molar-refractivity contribution in [2.24, 2.45) is 5.92 Å². The van der Waals surface area contributed by atoms with Gasteiger partial charge in [0.05, 0.1) is 0 Å². The van der Waals surface area contributed by atoms with E-state index in [0.717, 1.165) is 28.3 Å². The van der Waals surface area contributed by atoms with Gasteiger partial charge in [0.25, 0.3) is 0 Å². The van der Waals surface area contributed by atoms with Crippen LogP contribution in [-0.2, 0) is 12.8 Å². The zero-order valence-electron chi connectivity index (χ0n) is 10.0. The predicted octanol–water partition coefficient (Wildman–Crippen LogP) is 4.64. The lowest BCUT2D eigenvalue weighted by Crippen LogP contribution is -2.10. The third kappa shape index (κ3) is 4.21. The maximum absolute atomic E-state index is 4.44. The van der Waals surface area contributed by atoms with Crippen molar-refractivity contribution in [1.82, 2.24) is 4.98 Å². The van der Waals surface area contributed by atoms with Crippen LogP contribution in [0.3, 0.4) is 0 Å². The Balaban J connectivity index is 1.99. The van der Waals surface area contributed by atoms with E-state index < -0.39 is 0 Å². The predicted molar refractivity (Wildman–Crippen MR) is 83.1 cm³/mol. The summed E-state index contributed by atoms with van der Waals surface area (Å²) in [7, 11) is 0. The average molecular weight is 369 g/mol. The Kier molecular flexibility index (Phi) is 5.39. The molecule has 1 unspecified atom stereocenters. The topological polar surface area (TPSA) is 12.9 Å². The van der Waals surface area contributed by atoms with Gasteiger partial charge in [0.1, 0.15) is 0 Å². The molecule has 0 N–H and O–H groups in total. The lowest BCUT2D eigenvalue weighted by atomic mass is 9.96. The molecule has 2 aromatic rings. The van der Waals surface area contributed by atoms with Gasteiger partial charge in [-0.25, -0.2) is 0 Å². The largest absolute Gasteiger partial charge is 0.260 e. The molecule has 0 radical (unpaired) electrons. The number of alkyl halides is 1. The van der Waals surface area contributed by atoms with Crippen molar-refractivity contribution in [3.63, 3.8) is 0 Å². The molecule has 0 bridgehead atoms. The highest BCUT2D eigenvalue weighted by Gasteiger charge is 2.10. The van der Waals surface area contributed by atoms with Crippen LogP contribution >= 0.6 is 31.9 Å². The van der Waals surface area contributed by atoms with Crippen LogP contribution < -0.4 is 0 Å². The van der Waals surface area contributed by atoms with E-state index in [9.17, 15) is 0 Å². The van der Waals surface area contributed by atoms with E-state index in [1.807, 2.05) is 6.20 Å². The molecule has 1 aromatic heterocycles. The zero-order valence-corrected chi connectivity index (χ0v) is 13.2. The fraction of sp³-hybridized carbons (Fsp3) is 0.267. The summed E-state index contributed by atoms with van der Waals surface area (Å²) in [5.74, 6) is 0.584. The Labute approximate surface area is 125 Å². The lowest BCUT2D eigenvalue weighted by molar-refractivity contribution is 0.582. The number of nitrogens with zero attached hydrogens (tertiary/aromatic N) is 1. The van der Waals surface area contributed by atoms with Gasteiger partial charge in [-0.3, -0.25) is 4.98 Å². The van der Waals surface area contributed by atoms with Crippen molar-refractivity contribution >= 4 is 31.9 Å². The molecule has 18 heavy (non-hydrogen) atoms. The first-order valence-corrected chi connectivity index (χ1v) is 7.89. The molecule has 1 atom stereocenters.